The summed E-state index contributed by atoms with van der Waals surface area (Å²) in [6.45, 7) is 1.13. The van der Waals surface area contributed by atoms with Crippen molar-refractivity contribution in [3.8, 4) is 11.5 Å². The van der Waals surface area contributed by atoms with Gasteiger partial charge >= 0.3 is 0 Å². The quantitative estimate of drug-likeness (QED) is 0.724. The highest BCUT2D eigenvalue weighted by Crippen LogP contribution is 2.25. The lowest BCUT2D eigenvalue weighted by Crippen LogP contribution is -2.19. The van der Waals surface area contributed by atoms with E-state index in [0.29, 0.717) is 19.3 Å². The van der Waals surface area contributed by atoms with Crippen LogP contribution in [0.5, 0.6) is 11.5 Å². The van der Waals surface area contributed by atoms with Crippen LogP contribution in [0.1, 0.15) is 32.1 Å². The topological polar surface area (TPSA) is 27.7 Å². The van der Waals surface area contributed by atoms with Crippen LogP contribution in [0.25, 0.3) is 0 Å². The van der Waals surface area contributed by atoms with Gasteiger partial charge in [-0.05, 0) is 37.8 Å². The highest BCUT2D eigenvalue weighted by atomic mass is 16.5. The molecule has 0 spiro atoms. The Bertz CT molecular complexity index is 345. The molecule has 1 saturated carbocycles. The molecule has 0 bridgehead atoms. The SMILES string of the molecule is COCCOc1[c]c(OC2CCCCC2)ccc1. The lowest BCUT2D eigenvalue weighted by molar-refractivity contribution is 0.143. The van der Waals surface area contributed by atoms with Crippen LogP contribution in [-0.2, 0) is 4.74 Å². The second kappa shape index (κ2) is 7.27. The lowest BCUT2D eigenvalue weighted by Gasteiger charge is -2.23. The summed E-state index contributed by atoms with van der Waals surface area (Å²) >= 11 is 0. The minimum atomic E-state index is 0.351. The molecule has 0 aliphatic heterocycles. The second-order valence-electron chi connectivity index (χ2n) is 4.60. The van der Waals surface area contributed by atoms with Crippen molar-refractivity contribution in [3.63, 3.8) is 0 Å². The lowest BCUT2D eigenvalue weighted by atomic mass is 9.98. The first-order valence-corrected chi connectivity index (χ1v) is 6.69. The number of ether oxygens (including phenoxy) is 3. The van der Waals surface area contributed by atoms with Gasteiger partial charge in [-0.3, -0.25) is 0 Å². The number of hydrogen-bond acceptors (Lipinski definition) is 3. The van der Waals surface area contributed by atoms with E-state index >= 15 is 0 Å². The van der Waals surface area contributed by atoms with Crippen molar-refractivity contribution in [3.05, 3.63) is 24.3 Å². The van der Waals surface area contributed by atoms with Gasteiger partial charge in [0, 0.05) is 7.11 Å². The largest absolute Gasteiger partial charge is 0.490 e. The molecule has 2 rings (SSSR count). The summed E-state index contributed by atoms with van der Waals surface area (Å²) < 4.78 is 16.4. The normalized spacial score (nSPS) is 16.5. The maximum absolute atomic E-state index is 5.94. The molecule has 0 atom stereocenters. The van der Waals surface area contributed by atoms with E-state index in [0.717, 1.165) is 24.3 Å². The zero-order valence-corrected chi connectivity index (χ0v) is 11.0. The molecule has 0 aromatic heterocycles. The molecule has 1 aliphatic rings. The highest BCUT2D eigenvalue weighted by molar-refractivity contribution is 5.31. The zero-order chi connectivity index (χ0) is 12.6. The van der Waals surface area contributed by atoms with E-state index in [1.807, 2.05) is 18.2 Å². The third-order valence-electron chi connectivity index (χ3n) is 3.13. The summed E-state index contributed by atoms with van der Waals surface area (Å²) in [5, 5.41) is 0. The molecule has 99 valence electrons. The summed E-state index contributed by atoms with van der Waals surface area (Å²) in [4.78, 5) is 0. The summed E-state index contributed by atoms with van der Waals surface area (Å²) in [6, 6.07) is 8.93. The fourth-order valence-electron chi connectivity index (χ4n) is 2.18. The summed E-state index contributed by atoms with van der Waals surface area (Å²) in [6.07, 6.45) is 6.54. The molecule has 0 amide bonds. The molecule has 3 heteroatoms. The Labute approximate surface area is 109 Å². The van der Waals surface area contributed by atoms with Crippen LogP contribution in [0.2, 0.25) is 0 Å². The number of hydrogen-bond donors (Lipinski definition) is 0. The molecule has 3 nitrogen and oxygen atoms in total. The summed E-state index contributed by atoms with van der Waals surface area (Å²) in [5.74, 6) is 1.51. The van der Waals surface area contributed by atoms with Crippen molar-refractivity contribution < 1.29 is 14.2 Å². The van der Waals surface area contributed by atoms with Crippen molar-refractivity contribution in [1.82, 2.24) is 0 Å². The standard InChI is InChI=1S/C15H21O3/c1-16-10-11-17-14-8-5-9-15(12-14)18-13-6-3-2-4-7-13/h5,8-9,13H,2-4,6-7,10-11H2,1H3. The average Bonchev–Trinajstić information content (AvgIpc) is 2.41. The third kappa shape index (κ3) is 4.22. The maximum Gasteiger partial charge on any atom is 0.131 e. The van der Waals surface area contributed by atoms with Gasteiger partial charge in [0.1, 0.15) is 18.1 Å². The van der Waals surface area contributed by atoms with Crippen molar-refractivity contribution in [2.24, 2.45) is 0 Å². The van der Waals surface area contributed by atoms with Crippen LogP contribution in [-0.4, -0.2) is 26.4 Å². The molecule has 0 unspecified atom stereocenters. The molecule has 0 heterocycles. The van der Waals surface area contributed by atoms with Gasteiger partial charge in [-0.1, -0.05) is 12.5 Å². The Morgan fingerprint density at radius 1 is 1.11 bits per heavy atom. The molecule has 0 saturated heterocycles. The van der Waals surface area contributed by atoms with Gasteiger partial charge in [0.25, 0.3) is 0 Å². The second-order valence-corrected chi connectivity index (χ2v) is 4.60. The van der Waals surface area contributed by atoms with E-state index in [4.69, 9.17) is 14.2 Å². The van der Waals surface area contributed by atoms with E-state index < -0.39 is 0 Å². The Morgan fingerprint density at radius 2 is 1.89 bits per heavy atom. The molecule has 1 aromatic rings. The Balaban J connectivity index is 1.85. The van der Waals surface area contributed by atoms with Gasteiger partial charge in [0.15, 0.2) is 0 Å². The van der Waals surface area contributed by atoms with Gasteiger partial charge in [0.2, 0.25) is 0 Å². The Hall–Kier alpha value is -1.22. The Morgan fingerprint density at radius 3 is 2.67 bits per heavy atom. The van der Waals surface area contributed by atoms with Gasteiger partial charge < -0.3 is 14.2 Å². The first kappa shape index (κ1) is 13.2. The van der Waals surface area contributed by atoms with Gasteiger partial charge in [0.05, 0.1) is 18.8 Å². The van der Waals surface area contributed by atoms with Gasteiger partial charge in [-0.2, -0.15) is 0 Å². The number of rotatable bonds is 6. The predicted molar refractivity (Wildman–Crippen MR) is 70.2 cm³/mol. The fraction of sp³-hybridized carbons (Fsp3) is 0.600. The van der Waals surface area contributed by atoms with Crippen LogP contribution < -0.4 is 9.47 Å². The molecule has 1 fully saturated rings. The monoisotopic (exact) mass is 249 g/mol. The van der Waals surface area contributed by atoms with Crippen molar-refractivity contribution >= 4 is 0 Å². The van der Waals surface area contributed by atoms with Crippen molar-refractivity contribution in [2.45, 2.75) is 38.2 Å². The zero-order valence-electron chi connectivity index (χ0n) is 11.0. The van der Waals surface area contributed by atoms with E-state index in [1.54, 1.807) is 7.11 Å². The maximum atomic E-state index is 5.94. The van der Waals surface area contributed by atoms with E-state index in [-0.39, 0.29) is 0 Å². The number of methoxy groups -OCH3 is 1. The van der Waals surface area contributed by atoms with E-state index in [2.05, 4.69) is 6.07 Å². The van der Waals surface area contributed by atoms with Crippen molar-refractivity contribution in [1.29, 1.82) is 0 Å². The van der Waals surface area contributed by atoms with Crippen LogP contribution in [0.4, 0.5) is 0 Å². The minimum absolute atomic E-state index is 0.351. The molecular weight excluding hydrogens is 228 g/mol. The fourth-order valence-corrected chi connectivity index (χ4v) is 2.18. The smallest absolute Gasteiger partial charge is 0.131 e. The first-order valence-electron chi connectivity index (χ1n) is 6.69. The summed E-state index contributed by atoms with van der Waals surface area (Å²) in [5.41, 5.74) is 0. The molecule has 1 aliphatic carbocycles. The Kier molecular flexibility index (Phi) is 5.34. The number of benzene rings is 1. The third-order valence-corrected chi connectivity index (χ3v) is 3.13. The van der Waals surface area contributed by atoms with E-state index in [9.17, 15) is 0 Å². The molecule has 18 heavy (non-hydrogen) atoms. The molecular formula is C15H21O3. The van der Waals surface area contributed by atoms with Crippen molar-refractivity contribution in [2.75, 3.05) is 20.3 Å². The van der Waals surface area contributed by atoms with Crippen LogP contribution >= 0.6 is 0 Å². The molecule has 0 N–H and O–H groups in total. The molecule has 1 radical (unpaired) electrons. The van der Waals surface area contributed by atoms with E-state index in [1.165, 1.54) is 19.3 Å². The molecule has 1 aromatic carbocycles. The predicted octanol–water partition coefficient (Wildman–Crippen LogP) is 3.22. The van der Waals surface area contributed by atoms with Gasteiger partial charge in [-0.25, -0.2) is 0 Å². The minimum Gasteiger partial charge on any atom is -0.490 e. The van der Waals surface area contributed by atoms with Crippen LogP contribution in [0.15, 0.2) is 18.2 Å². The van der Waals surface area contributed by atoms with Gasteiger partial charge in [-0.15, -0.1) is 0 Å². The highest BCUT2D eigenvalue weighted by Gasteiger charge is 2.15. The first-order chi connectivity index (χ1) is 8.88. The average molecular weight is 249 g/mol. The summed E-state index contributed by atoms with van der Waals surface area (Å²) in [7, 11) is 1.66. The van der Waals surface area contributed by atoms with Crippen LogP contribution in [0.3, 0.4) is 0 Å². The van der Waals surface area contributed by atoms with Crippen LogP contribution in [0, 0.1) is 6.07 Å².